The lowest BCUT2D eigenvalue weighted by Crippen LogP contribution is -2.39. The van der Waals surface area contributed by atoms with Gasteiger partial charge in [-0.05, 0) is 12.8 Å². The smallest absolute Gasteiger partial charge is 0.315 e. The van der Waals surface area contributed by atoms with E-state index in [4.69, 9.17) is 0 Å². The Bertz CT molecular complexity index is 403. The molecule has 0 radical (unpaired) electrons. The summed E-state index contributed by atoms with van der Waals surface area (Å²) < 4.78 is 1.75. The monoisotopic (exact) mass is 268 g/mol. The highest BCUT2D eigenvalue weighted by molar-refractivity contribution is 5.73. The molecule has 1 rings (SSSR count). The van der Waals surface area contributed by atoms with Crippen LogP contribution in [0.5, 0.6) is 0 Å². The molecule has 0 bridgehead atoms. The summed E-state index contributed by atoms with van der Waals surface area (Å²) >= 11 is 0. The van der Waals surface area contributed by atoms with E-state index < -0.39 is 6.10 Å². The van der Waals surface area contributed by atoms with E-state index in [1.807, 2.05) is 27.1 Å². The Morgan fingerprint density at radius 3 is 2.84 bits per heavy atom. The van der Waals surface area contributed by atoms with Gasteiger partial charge in [-0.2, -0.15) is 5.10 Å². The molecule has 108 valence electrons. The van der Waals surface area contributed by atoms with Crippen LogP contribution in [0.15, 0.2) is 6.20 Å². The van der Waals surface area contributed by atoms with Crippen molar-refractivity contribution in [1.82, 2.24) is 20.4 Å². The van der Waals surface area contributed by atoms with Crippen molar-refractivity contribution in [3.8, 4) is 0 Å². The van der Waals surface area contributed by atoms with E-state index in [0.29, 0.717) is 13.0 Å². The normalized spacial score (nSPS) is 12.2. The second-order valence-corrected chi connectivity index (χ2v) is 4.63. The molecule has 0 aliphatic heterocycles. The predicted octanol–water partition coefficient (Wildman–Crippen LogP) is 0.943. The van der Waals surface area contributed by atoms with Crippen LogP contribution in [0.4, 0.5) is 4.79 Å². The van der Waals surface area contributed by atoms with Gasteiger partial charge in [-0.3, -0.25) is 4.68 Å². The largest absolute Gasteiger partial charge is 0.391 e. The maximum atomic E-state index is 11.6. The summed E-state index contributed by atoms with van der Waals surface area (Å²) in [4.78, 5) is 11.6. The van der Waals surface area contributed by atoms with E-state index in [1.54, 1.807) is 4.68 Å². The molecule has 1 aromatic heterocycles. The summed E-state index contributed by atoms with van der Waals surface area (Å²) in [5.41, 5.74) is 2.02. The van der Waals surface area contributed by atoms with E-state index >= 15 is 0 Å². The lowest BCUT2D eigenvalue weighted by Gasteiger charge is -2.11. The minimum Gasteiger partial charge on any atom is -0.391 e. The number of nitrogens with one attached hydrogen (secondary N) is 2. The lowest BCUT2D eigenvalue weighted by atomic mass is 10.2. The highest BCUT2D eigenvalue weighted by atomic mass is 16.3. The first kappa shape index (κ1) is 15.5. The van der Waals surface area contributed by atoms with Crippen LogP contribution in [-0.2, 0) is 20.0 Å². The number of aromatic nitrogens is 2. The first-order chi connectivity index (χ1) is 9.06. The van der Waals surface area contributed by atoms with Crippen LogP contribution >= 0.6 is 0 Å². The van der Waals surface area contributed by atoms with Gasteiger partial charge in [0.1, 0.15) is 0 Å². The Hall–Kier alpha value is -1.56. The number of nitrogens with zero attached hydrogens (tertiary/aromatic N) is 2. The van der Waals surface area contributed by atoms with E-state index in [0.717, 1.165) is 24.1 Å². The van der Waals surface area contributed by atoms with Crippen LogP contribution in [0.1, 0.15) is 37.9 Å². The standard InChI is InChI=1S/C13H24N4O2/c1-4-6-11(18)8-15-13(19)14-7-10-9-17(3)16-12(10)5-2/h9,11,18H,4-8H2,1-3H3,(H2,14,15,19). The van der Waals surface area contributed by atoms with Crippen LogP contribution in [0.2, 0.25) is 0 Å². The molecule has 3 N–H and O–H groups in total. The van der Waals surface area contributed by atoms with Crippen molar-refractivity contribution >= 4 is 6.03 Å². The van der Waals surface area contributed by atoms with Gasteiger partial charge in [-0.1, -0.05) is 20.3 Å². The molecule has 1 atom stereocenters. The Morgan fingerprint density at radius 2 is 2.21 bits per heavy atom. The van der Waals surface area contributed by atoms with Gasteiger partial charge in [0.2, 0.25) is 0 Å². The number of aliphatic hydroxyl groups is 1. The maximum Gasteiger partial charge on any atom is 0.315 e. The quantitative estimate of drug-likeness (QED) is 0.688. The number of rotatable bonds is 7. The minimum atomic E-state index is -0.472. The molecule has 1 heterocycles. The zero-order chi connectivity index (χ0) is 14.3. The van der Waals surface area contributed by atoms with Crippen LogP contribution in [0, 0.1) is 0 Å². The van der Waals surface area contributed by atoms with Gasteiger partial charge >= 0.3 is 6.03 Å². The van der Waals surface area contributed by atoms with Crippen LogP contribution in [0.25, 0.3) is 0 Å². The number of carbonyl (C=O) groups excluding carboxylic acids is 1. The third kappa shape index (κ3) is 5.30. The summed E-state index contributed by atoms with van der Waals surface area (Å²) in [6, 6.07) is -0.263. The molecule has 0 aromatic carbocycles. The summed E-state index contributed by atoms with van der Waals surface area (Å²) in [6.45, 7) is 4.77. The predicted molar refractivity (Wildman–Crippen MR) is 73.7 cm³/mol. The second-order valence-electron chi connectivity index (χ2n) is 4.63. The molecule has 6 nitrogen and oxygen atoms in total. The topological polar surface area (TPSA) is 79.2 Å². The van der Waals surface area contributed by atoms with Gasteiger partial charge in [0.25, 0.3) is 0 Å². The molecular formula is C13H24N4O2. The number of hydrogen-bond donors (Lipinski definition) is 3. The molecule has 0 spiro atoms. The van der Waals surface area contributed by atoms with E-state index in [2.05, 4.69) is 15.7 Å². The Morgan fingerprint density at radius 1 is 1.47 bits per heavy atom. The van der Waals surface area contributed by atoms with Crippen molar-refractivity contribution < 1.29 is 9.90 Å². The summed E-state index contributed by atoms with van der Waals surface area (Å²) in [5, 5.41) is 19.2. The van der Waals surface area contributed by atoms with Crippen molar-refractivity contribution in [1.29, 1.82) is 0 Å². The molecule has 19 heavy (non-hydrogen) atoms. The van der Waals surface area contributed by atoms with Crippen molar-refractivity contribution in [3.63, 3.8) is 0 Å². The van der Waals surface area contributed by atoms with E-state index in [9.17, 15) is 9.90 Å². The number of carbonyl (C=O) groups is 1. The van der Waals surface area contributed by atoms with Crippen molar-refractivity contribution in [2.75, 3.05) is 6.54 Å². The molecule has 1 unspecified atom stereocenters. The van der Waals surface area contributed by atoms with Gasteiger partial charge in [0.05, 0.1) is 11.8 Å². The van der Waals surface area contributed by atoms with Crippen LogP contribution in [0.3, 0.4) is 0 Å². The van der Waals surface area contributed by atoms with E-state index in [1.165, 1.54) is 0 Å². The zero-order valence-electron chi connectivity index (χ0n) is 11.9. The fourth-order valence-corrected chi connectivity index (χ4v) is 1.91. The average molecular weight is 268 g/mol. The first-order valence-corrected chi connectivity index (χ1v) is 6.77. The molecule has 6 heteroatoms. The molecule has 0 saturated heterocycles. The average Bonchev–Trinajstić information content (AvgIpc) is 2.74. The molecule has 2 amide bonds. The van der Waals surface area contributed by atoms with Crippen molar-refractivity contribution in [3.05, 3.63) is 17.5 Å². The van der Waals surface area contributed by atoms with Crippen LogP contribution in [-0.4, -0.2) is 33.6 Å². The number of amides is 2. The fraction of sp³-hybridized carbons (Fsp3) is 0.692. The van der Waals surface area contributed by atoms with Crippen LogP contribution < -0.4 is 10.6 Å². The number of aryl methyl sites for hydroxylation is 2. The number of hydrogen-bond acceptors (Lipinski definition) is 3. The maximum absolute atomic E-state index is 11.6. The molecule has 0 aliphatic carbocycles. The fourth-order valence-electron chi connectivity index (χ4n) is 1.91. The Balaban J connectivity index is 2.33. The molecular weight excluding hydrogens is 244 g/mol. The van der Waals surface area contributed by atoms with Crippen molar-refractivity contribution in [2.24, 2.45) is 7.05 Å². The number of urea groups is 1. The van der Waals surface area contributed by atoms with Crippen molar-refractivity contribution in [2.45, 2.75) is 45.8 Å². The van der Waals surface area contributed by atoms with Gasteiger partial charge in [-0.25, -0.2) is 4.79 Å². The minimum absolute atomic E-state index is 0.263. The highest BCUT2D eigenvalue weighted by Crippen LogP contribution is 2.06. The highest BCUT2D eigenvalue weighted by Gasteiger charge is 2.08. The molecule has 0 fully saturated rings. The summed E-state index contributed by atoms with van der Waals surface area (Å²) in [7, 11) is 1.86. The molecule has 1 aromatic rings. The molecule has 0 aliphatic rings. The summed E-state index contributed by atoms with van der Waals surface area (Å²) in [5.74, 6) is 0. The first-order valence-electron chi connectivity index (χ1n) is 6.77. The lowest BCUT2D eigenvalue weighted by molar-refractivity contribution is 0.160. The van der Waals surface area contributed by atoms with Gasteiger partial charge in [0.15, 0.2) is 0 Å². The Labute approximate surface area is 114 Å². The third-order valence-electron chi connectivity index (χ3n) is 2.89. The molecule has 0 saturated carbocycles. The zero-order valence-corrected chi connectivity index (χ0v) is 11.9. The number of aliphatic hydroxyl groups excluding tert-OH is 1. The van der Waals surface area contributed by atoms with Gasteiger partial charge in [0, 0.05) is 31.9 Å². The van der Waals surface area contributed by atoms with E-state index in [-0.39, 0.29) is 12.6 Å². The SMILES string of the molecule is CCCC(O)CNC(=O)NCc1cn(C)nc1CC. The second kappa shape index (κ2) is 7.78. The van der Waals surface area contributed by atoms with Gasteiger partial charge in [-0.15, -0.1) is 0 Å². The summed E-state index contributed by atoms with van der Waals surface area (Å²) in [6.07, 6.45) is 3.88. The Kier molecular flexibility index (Phi) is 6.35. The third-order valence-corrected chi connectivity index (χ3v) is 2.89. The van der Waals surface area contributed by atoms with Gasteiger partial charge < -0.3 is 15.7 Å².